The van der Waals surface area contributed by atoms with Crippen LogP contribution >= 0.6 is 11.3 Å². The van der Waals surface area contributed by atoms with Gasteiger partial charge in [-0.05, 0) is 35.9 Å². The van der Waals surface area contributed by atoms with Crippen molar-refractivity contribution in [2.45, 2.75) is 32.0 Å². The number of rotatable bonds is 6. The fraction of sp³-hybridized carbons (Fsp3) is 0.333. The molecule has 20 heavy (non-hydrogen) atoms. The number of hydrogen-bond acceptors (Lipinski definition) is 4. The zero-order valence-electron chi connectivity index (χ0n) is 11.0. The van der Waals surface area contributed by atoms with Crippen LogP contribution in [0.25, 0.3) is 0 Å². The van der Waals surface area contributed by atoms with Gasteiger partial charge in [0.25, 0.3) is 0 Å². The van der Waals surface area contributed by atoms with E-state index in [-0.39, 0.29) is 5.69 Å². The summed E-state index contributed by atoms with van der Waals surface area (Å²) in [5.74, 6) is -0.951. The van der Waals surface area contributed by atoms with Crippen LogP contribution < -0.4 is 0 Å². The molecule has 0 atom stereocenters. The SMILES string of the molecule is O=C(O)c1ncccc1CN(Cc1cccs1)C1CC1. The molecule has 1 fully saturated rings. The summed E-state index contributed by atoms with van der Waals surface area (Å²) in [4.78, 5) is 18.9. The minimum atomic E-state index is -0.951. The zero-order valence-corrected chi connectivity index (χ0v) is 11.8. The summed E-state index contributed by atoms with van der Waals surface area (Å²) in [7, 11) is 0. The van der Waals surface area contributed by atoms with Crippen molar-refractivity contribution in [2.24, 2.45) is 0 Å². The highest BCUT2D eigenvalue weighted by Gasteiger charge is 2.30. The lowest BCUT2D eigenvalue weighted by Gasteiger charge is -2.21. The normalized spacial score (nSPS) is 14.7. The number of carboxylic acids is 1. The topological polar surface area (TPSA) is 53.4 Å². The van der Waals surface area contributed by atoms with Gasteiger partial charge in [0.2, 0.25) is 0 Å². The first-order valence-corrected chi connectivity index (χ1v) is 7.55. The van der Waals surface area contributed by atoms with Crippen LogP contribution in [-0.4, -0.2) is 27.0 Å². The van der Waals surface area contributed by atoms with Gasteiger partial charge in [0.15, 0.2) is 5.69 Å². The smallest absolute Gasteiger partial charge is 0.354 e. The summed E-state index contributed by atoms with van der Waals surface area (Å²) in [5, 5.41) is 11.3. The number of nitrogens with zero attached hydrogens (tertiary/aromatic N) is 2. The Morgan fingerprint density at radius 3 is 2.85 bits per heavy atom. The summed E-state index contributed by atoms with van der Waals surface area (Å²) >= 11 is 1.74. The van der Waals surface area contributed by atoms with Crippen molar-refractivity contribution in [2.75, 3.05) is 0 Å². The van der Waals surface area contributed by atoms with Crippen LogP contribution in [0.3, 0.4) is 0 Å². The van der Waals surface area contributed by atoms with Crippen molar-refractivity contribution in [1.82, 2.24) is 9.88 Å². The van der Waals surface area contributed by atoms with E-state index in [1.54, 1.807) is 17.4 Å². The number of hydrogen-bond donors (Lipinski definition) is 1. The lowest BCUT2D eigenvalue weighted by Crippen LogP contribution is -2.26. The lowest BCUT2D eigenvalue weighted by molar-refractivity contribution is 0.0687. The number of carbonyl (C=O) groups is 1. The molecule has 0 aliphatic heterocycles. The monoisotopic (exact) mass is 288 g/mol. The summed E-state index contributed by atoms with van der Waals surface area (Å²) in [5.41, 5.74) is 0.966. The first kappa shape index (κ1) is 13.3. The van der Waals surface area contributed by atoms with Crippen molar-refractivity contribution in [3.05, 3.63) is 52.0 Å². The highest BCUT2D eigenvalue weighted by Crippen LogP contribution is 2.30. The summed E-state index contributed by atoms with van der Waals surface area (Å²) in [6.07, 6.45) is 3.94. The molecule has 0 amide bonds. The van der Waals surface area contributed by atoms with Gasteiger partial charge < -0.3 is 5.11 Å². The maximum atomic E-state index is 11.2. The molecule has 104 valence electrons. The third-order valence-corrected chi connectivity index (χ3v) is 4.33. The van der Waals surface area contributed by atoms with E-state index in [0.29, 0.717) is 12.6 Å². The van der Waals surface area contributed by atoms with Crippen LogP contribution in [0.2, 0.25) is 0 Å². The maximum absolute atomic E-state index is 11.2. The number of aromatic nitrogens is 1. The lowest BCUT2D eigenvalue weighted by atomic mass is 10.1. The van der Waals surface area contributed by atoms with Crippen LogP contribution in [0.1, 0.15) is 33.8 Å². The molecule has 2 aromatic heterocycles. The van der Waals surface area contributed by atoms with Gasteiger partial charge in [-0.2, -0.15) is 0 Å². The molecular formula is C15H16N2O2S. The Labute approximate surface area is 121 Å². The highest BCUT2D eigenvalue weighted by atomic mass is 32.1. The van der Waals surface area contributed by atoms with Crippen LogP contribution in [-0.2, 0) is 13.1 Å². The van der Waals surface area contributed by atoms with E-state index in [9.17, 15) is 9.90 Å². The van der Waals surface area contributed by atoms with E-state index in [1.807, 2.05) is 6.07 Å². The van der Waals surface area contributed by atoms with Crippen LogP contribution in [0.15, 0.2) is 35.8 Å². The van der Waals surface area contributed by atoms with Gasteiger partial charge in [0, 0.05) is 30.2 Å². The summed E-state index contributed by atoms with van der Waals surface area (Å²) < 4.78 is 0. The Kier molecular flexibility index (Phi) is 3.80. The van der Waals surface area contributed by atoms with Gasteiger partial charge >= 0.3 is 5.97 Å². The molecule has 0 spiro atoms. The van der Waals surface area contributed by atoms with Gasteiger partial charge in [-0.25, -0.2) is 9.78 Å². The van der Waals surface area contributed by atoms with Gasteiger partial charge in [0.05, 0.1) is 0 Å². The van der Waals surface area contributed by atoms with E-state index in [2.05, 4.69) is 27.4 Å². The molecule has 0 unspecified atom stereocenters. The highest BCUT2D eigenvalue weighted by molar-refractivity contribution is 7.09. The fourth-order valence-corrected chi connectivity index (χ4v) is 3.06. The van der Waals surface area contributed by atoms with Gasteiger partial charge in [-0.3, -0.25) is 4.90 Å². The first-order valence-electron chi connectivity index (χ1n) is 6.67. The maximum Gasteiger partial charge on any atom is 0.354 e. The number of pyridine rings is 1. The minimum absolute atomic E-state index is 0.171. The number of carboxylic acid groups (broad SMARTS) is 1. The standard InChI is InChI=1S/C15H16N2O2S/c18-15(19)14-11(3-1-7-16-14)9-17(12-5-6-12)10-13-4-2-8-20-13/h1-4,7-8,12H,5-6,9-10H2,(H,18,19). The van der Waals surface area contributed by atoms with Crippen molar-refractivity contribution < 1.29 is 9.90 Å². The molecule has 1 saturated carbocycles. The molecular weight excluding hydrogens is 272 g/mol. The predicted molar refractivity (Wildman–Crippen MR) is 77.8 cm³/mol. The Bertz CT molecular complexity index is 594. The molecule has 2 heterocycles. The molecule has 0 saturated heterocycles. The third-order valence-electron chi connectivity index (χ3n) is 3.47. The minimum Gasteiger partial charge on any atom is -0.477 e. The Morgan fingerprint density at radius 1 is 1.35 bits per heavy atom. The number of aromatic carboxylic acids is 1. The summed E-state index contributed by atoms with van der Waals surface area (Å²) in [6.45, 7) is 1.54. The number of thiophene rings is 1. The van der Waals surface area contributed by atoms with E-state index < -0.39 is 5.97 Å². The molecule has 1 aliphatic rings. The Hall–Kier alpha value is -1.72. The van der Waals surface area contributed by atoms with E-state index in [1.165, 1.54) is 23.9 Å². The quantitative estimate of drug-likeness (QED) is 0.887. The first-order chi connectivity index (χ1) is 9.74. The average Bonchev–Trinajstić information content (AvgIpc) is 3.17. The van der Waals surface area contributed by atoms with E-state index in [4.69, 9.17) is 0 Å². The van der Waals surface area contributed by atoms with Crippen molar-refractivity contribution >= 4 is 17.3 Å². The van der Waals surface area contributed by atoms with Crippen LogP contribution in [0.5, 0.6) is 0 Å². The van der Waals surface area contributed by atoms with Gasteiger partial charge in [-0.15, -0.1) is 11.3 Å². The largest absolute Gasteiger partial charge is 0.477 e. The van der Waals surface area contributed by atoms with Crippen molar-refractivity contribution in [3.8, 4) is 0 Å². The van der Waals surface area contributed by atoms with Gasteiger partial charge in [0.1, 0.15) is 0 Å². The average molecular weight is 288 g/mol. The summed E-state index contributed by atoms with van der Waals surface area (Å²) in [6, 6.07) is 8.43. The van der Waals surface area contributed by atoms with Crippen molar-refractivity contribution in [1.29, 1.82) is 0 Å². The molecule has 2 aromatic rings. The predicted octanol–water partition coefficient (Wildman–Crippen LogP) is 3.01. The van der Waals surface area contributed by atoms with E-state index >= 15 is 0 Å². The molecule has 1 aliphatic carbocycles. The fourth-order valence-electron chi connectivity index (χ4n) is 2.33. The zero-order chi connectivity index (χ0) is 13.9. The molecule has 1 N–H and O–H groups in total. The van der Waals surface area contributed by atoms with Crippen LogP contribution in [0, 0.1) is 0 Å². The molecule has 0 aromatic carbocycles. The van der Waals surface area contributed by atoms with Gasteiger partial charge in [-0.1, -0.05) is 12.1 Å². The second-order valence-electron chi connectivity index (χ2n) is 5.03. The third kappa shape index (κ3) is 3.05. The Morgan fingerprint density at radius 2 is 2.20 bits per heavy atom. The van der Waals surface area contributed by atoms with Crippen molar-refractivity contribution in [3.63, 3.8) is 0 Å². The molecule has 0 radical (unpaired) electrons. The second kappa shape index (κ2) is 5.73. The molecule has 0 bridgehead atoms. The molecule has 3 rings (SSSR count). The molecule has 4 nitrogen and oxygen atoms in total. The van der Waals surface area contributed by atoms with Crippen LogP contribution in [0.4, 0.5) is 0 Å². The Balaban J connectivity index is 1.78. The van der Waals surface area contributed by atoms with E-state index in [0.717, 1.165) is 12.1 Å². The second-order valence-corrected chi connectivity index (χ2v) is 6.06. The molecule has 5 heteroatoms.